The zero-order chi connectivity index (χ0) is 9.40. The van der Waals surface area contributed by atoms with Crippen molar-refractivity contribution >= 4 is 21.9 Å². The fraction of sp³-hybridized carbons (Fsp3) is 0.875. The van der Waals surface area contributed by atoms with E-state index in [1.807, 2.05) is 6.92 Å². The van der Waals surface area contributed by atoms with Gasteiger partial charge in [-0.15, -0.1) is 0 Å². The van der Waals surface area contributed by atoms with Gasteiger partial charge in [0.05, 0.1) is 6.61 Å². The first-order valence-electron chi connectivity index (χ1n) is 4.13. The predicted molar refractivity (Wildman–Crippen MR) is 50.3 cm³/mol. The van der Waals surface area contributed by atoms with Gasteiger partial charge < -0.3 is 9.84 Å². The highest BCUT2D eigenvalue weighted by molar-refractivity contribution is 9.09. The lowest BCUT2D eigenvalue weighted by Gasteiger charge is -2.08. The number of carbonyl (C=O) groups excluding carboxylic acids is 1. The van der Waals surface area contributed by atoms with Gasteiger partial charge in [0.2, 0.25) is 0 Å². The van der Waals surface area contributed by atoms with E-state index in [9.17, 15) is 4.79 Å². The van der Waals surface area contributed by atoms with Crippen LogP contribution in [0.25, 0.3) is 0 Å². The fourth-order valence-corrected chi connectivity index (χ4v) is 1.07. The third-order valence-corrected chi connectivity index (χ3v) is 1.85. The number of aliphatic hydroxyl groups is 1. The Balaban J connectivity index is 3.43. The quantitative estimate of drug-likeness (QED) is 0.433. The molecule has 0 aliphatic rings. The summed E-state index contributed by atoms with van der Waals surface area (Å²) in [4.78, 5) is 10.9. The van der Waals surface area contributed by atoms with Crippen LogP contribution in [0, 0.1) is 0 Å². The molecule has 72 valence electrons. The minimum atomic E-state index is -0.971. The van der Waals surface area contributed by atoms with Crippen molar-refractivity contribution in [1.29, 1.82) is 0 Å². The van der Waals surface area contributed by atoms with Crippen LogP contribution in [0.4, 0.5) is 0 Å². The molecule has 3 nitrogen and oxygen atoms in total. The standard InChI is InChI=1S/C8H15BrO3/c1-2-3-6-12-8(11)7(10)4-5-9/h7,10H,2-6H2,1H3. The van der Waals surface area contributed by atoms with Gasteiger partial charge in [0, 0.05) is 5.33 Å². The second-order valence-electron chi connectivity index (χ2n) is 2.51. The van der Waals surface area contributed by atoms with Crippen LogP contribution < -0.4 is 0 Å². The molecule has 0 aliphatic carbocycles. The van der Waals surface area contributed by atoms with Crippen molar-refractivity contribution < 1.29 is 14.6 Å². The Morgan fingerprint density at radius 2 is 2.33 bits per heavy atom. The number of hydrogen-bond donors (Lipinski definition) is 1. The van der Waals surface area contributed by atoms with Crippen LogP contribution >= 0.6 is 15.9 Å². The summed E-state index contributed by atoms with van der Waals surface area (Å²) in [5.74, 6) is -0.511. The van der Waals surface area contributed by atoms with E-state index in [1.54, 1.807) is 0 Å². The predicted octanol–water partition coefficient (Wildman–Crippen LogP) is 1.48. The van der Waals surface area contributed by atoms with Crippen molar-refractivity contribution in [3.05, 3.63) is 0 Å². The number of aliphatic hydroxyl groups excluding tert-OH is 1. The summed E-state index contributed by atoms with van der Waals surface area (Å²) in [5, 5.41) is 9.72. The van der Waals surface area contributed by atoms with E-state index in [4.69, 9.17) is 9.84 Å². The van der Waals surface area contributed by atoms with Crippen LogP contribution in [-0.4, -0.2) is 29.1 Å². The molecule has 1 unspecified atom stereocenters. The van der Waals surface area contributed by atoms with E-state index in [0.717, 1.165) is 12.8 Å². The second kappa shape index (κ2) is 7.55. The monoisotopic (exact) mass is 238 g/mol. The largest absolute Gasteiger partial charge is 0.464 e. The Kier molecular flexibility index (Phi) is 7.50. The third kappa shape index (κ3) is 5.55. The highest BCUT2D eigenvalue weighted by atomic mass is 79.9. The molecule has 0 rings (SSSR count). The van der Waals surface area contributed by atoms with E-state index < -0.39 is 12.1 Å². The summed E-state index contributed by atoms with van der Waals surface area (Å²) >= 11 is 3.13. The zero-order valence-electron chi connectivity index (χ0n) is 7.25. The van der Waals surface area contributed by atoms with Crippen LogP contribution in [0.15, 0.2) is 0 Å². The molecule has 0 heterocycles. The molecule has 0 saturated heterocycles. The molecule has 0 aromatic heterocycles. The molecule has 0 bridgehead atoms. The van der Waals surface area contributed by atoms with E-state index in [1.165, 1.54) is 0 Å². The van der Waals surface area contributed by atoms with Crippen LogP contribution in [0.3, 0.4) is 0 Å². The molecule has 4 heteroatoms. The van der Waals surface area contributed by atoms with Crippen molar-refractivity contribution in [2.45, 2.75) is 32.3 Å². The van der Waals surface area contributed by atoms with Crippen LogP contribution in [0.1, 0.15) is 26.2 Å². The Bertz CT molecular complexity index is 127. The average Bonchev–Trinajstić information content (AvgIpc) is 2.05. The van der Waals surface area contributed by atoms with Crippen molar-refractivity contribution in [2.75, 3.05) is 11.9 Å². The summed E-state index contributed by atoms with van der Waals surface area (Å²) in [7, 11) is 0. The SMILES string of the molecule is CCCCOC(=O)C(O)CCBr. The number of ether oxygens (including phenoxy) is 1. The first kappa shape index (κ1) is 11.9. The van der Waals surface area contributed by atoms with Crippen molar-refractivity contribution in [1.82, 2.24) is 0 Å². The number of hydrogen-bond acceptors (Lipinski definition) is 3. The highest BCUT2D eigenvalue weighted by Gasteiger charge is 2.14. The molecule has 0 aromatic carbocycles. The minimum Gasteiger partial charge on any atom is -0.464 e. The van der Waals surface area contributed by atoms with E-state index >= 15 is 0 Å². The summed E-state index contributed by atoms with van der Waals surface area (Å²) in [6.07, 6.45) is 1.28. The summed E-state index contributed by atoms with van der Waals surface area (Å²) in [6.45, 7) is 2.43. The van der Waals surface area contributed by atoms with Gasteiger partial charge in [0.15, 0.2) is 6.10 Å². The van der Waals surface area contributed by atoms with E-state index in [-0.39, 0.29) is 0 Å². The molecule has 0 saturated carbocycles. The molecule has 0 aromatic rings. The van der Waals surface area contributed by atoms with Gasteiger partial charge in [-0.1, -0.05) is 29.3 Å². The molecular weight excluding hydrogens is 224 g/mol. The third-order valence-electron chi connectivity index (χ3n) is 1.40. The van der Waals surface area contributed by atoms with Gasteiger partial charge in [0.1, 0.15) is 0 Å². The summed E-state index contributed by atoms with van der Waals surface area (Å²) in [6, 6.07) is 0. The van der Waals surface area contributed by atoms with Gasteiger partial charge in [0.25, 0.3) is 0 Å². The van der Waals surface area contributed by atoms with Gasteiger partial charge in [-0.3, -0.25) is 0 Å². The number of esters is 1. The normalized spacial score (nSPS) is 12.6. The lowest BCUT2D eigenvalue weighted by Crippen LogP contribution is -2.23. The van der Waals surface area contributed by atoms with Crippen LogP contribution in [-0.2, 0) is 9.53 Å². The lowest BCUT2D eigenvalue weighted by molar-refractivity contribution is -0.153. The molecule has 1 atom stereocenters. The minimum absolute atomic E-state index is 0.408. The van der Waals surface area contributed by atoms with Crippen molar-refractivity contribution in [3.8, 4) is 0 Å². The maximum atomic E-state index is 10.9. The Morgan fingerprint density at radius 1 is 1.67 bits per heavy atom. The van der Waals surface area contributed by atoms with Crippen molar-refractivity contribution in [3.63, 3.8) is 0 Å². The fourth-order valence-electron chi connectivity index (χ4n) is 0.634. The number of alkyl halides is 1. The molecule has 1 N–H and O–H groups in total. The highest BCUT2D eigenvalue weighted by Crippen LogP contribution is 1.99. The molecule has 0 fully saturated rings. The van der Waals surface area contributed by atoms with Crippen molar-refractivity contribution in [2.24, 2.45) is 0 Å². The Hall–Kier alpha value is -0.0900. The van der Waals surface area contributed by atoms with Gasteiger partial charge in [-0.05, 0) is 12.8 Å². The zero-order valence-corrected chi connectivity index (χ0v) is 8.84. The topological polar surface area (TPSA) is 46.5 Å². The molecular formula is C8H15BrO3. The Labute approximate surface area is 81.2 Å². The molecule has 0 aliphatic heterocycles. The van der Waals surface area contributed by atoms with E-state index in [2.05, 4.69) is 15.9 Å². The summed E-state index contributed by atoms with van der Waals surface area (Å²) < 4.78 is 4.79. The van der Waals surface area contributed by atoms with E-state index in [0.29, 0.717) is 18.4 Å². The first-order valence-corrected chi connectivity index (χ1v) is 5.25. The summed E-state index contributed by atoms with van der Waals surface area (Å²) in [5.41, 5.74) is 0. The molecule has 12 heavy (non-hydrogen) atoms. The number of halogens is 1. The van der Waals surface area contributed by atoms with Crippen LogP contribution in [0.2, 0.25) is 0 Å². The smallest absolute Gasteiger partial charge is 0.334 e. The maximum Gasteiger partial charge on any atom is 0.334 e. The number of carbonyl (C=O) groups is 1. The molecule has 0 radical (unpaired) electrons. The van der Waals surface area contributed by atoms with Gasteiger partial charge in [-0.2, -0.15) is 0 Å². The molecule has 0 spiro atoms. The number of rotatable bonds is 6. The van der Waals surface area contributed by atoms with Crippen LogP contribution in [0.5, 0.6) is 0 Å². The number of unbranched alkanes of at least 4 members (excludes halogenated alkanes) is 1. The average molecular weight is 239 g/mol. The van der Waals surface area contributed by atoms with Gasteiger partial charge >= 0.3 is 5.97 Å². The molecule has 0 amide bonds. The van der Waals surface area contributed by atoms with Gasteiger partial charge in [-0.25, -0.2) is 4.79 Å². The lowest BCUT2D eigenvalue weighted by atomic mass is 10.3. The maximum absolute atomic E-state index is 10.9. The first-order chi connectivity index (χ1) is 5.72. The second-order valence-corrected chi connectivity index (χ2v) is 3.31. The Morgan fingerprint density at radius 3 is 2.83 bits per heavy atom.